The third-order valence-electron chi connectivity index (χ3n) is 4.95. The first-order chi connectivity index (χ1) is 12.8. The number of aryl methyl sites for hydroxylation is 1. The van der Waals surface area contributed by atoms with Crippen molar-refractivity contribution in [3.63, 3.8) is 0 Å². The summed E-state index contributed by atoms with van der Waals surface area (Å²) in [6.45, 7) is 6.01. The molecule has 2 amide bonds. The van der Waals surface area contributed by atoms with Crippen LogP contribution in [0.15, 0.2) is 24.3 Å². The van der Waals surface area contributed by atoms with Gasteiger partial charge in [0, 0.05) is 12.1 Å². The van der Waals surface area contributed by atoms with Gasteiger partial charge in [-0.1, -0.05) is 12.1 Å². The predicted octanol–water partition coefficient (Wildman–Crippen LogP) is 3.74. The van der Waals surface area contributed by atoms with Gasteiger partial charge in [-0.3, -0.25) is 4.79 Å². The summed E-state index contributed by atoms with van der Waals surface area (Å²) in [4.78, 5) is 23.1. The molecule has 1 aromatic rings. The second-order valence-electron chi connectivity index (χ2n) is 7.75. The zero-order chi connectivity index (χ0) is 19.8. The van der Waals surface area contributed by atoms with Gasteiger partial charge >= 0.3 is 12.0 Å². The third kappa shape index (κ3) is 7.49. The highest BCUT2D eigenvalue weighted by Crippen LogP contribution is 2.24. The SMILES string of the molecule is CC(CCc1ccc(OC(C)C)cc1)NC(=O)NC1CCC(C(=O)O)CC1. The van der Waals surface area contributed by atoms with Gasteiger partial charge in [0.1, 0.15) is 5.75 Å². The molecule has 6 heteroatoms. The molecule has 1 aliphatic rings. The Labute approximate surface area is 161 Å². The van der Waals surface area contributed by atoms with E-state index in [1.54, 1.807) is 0 Å². The lowest BCUT2D eigenvalue weighted by Crippen LogP contribution is -2.46. The van der Waals surface area contributed by atoms with Crippen molar-refractivity contribution >= 4 is 12.0 Å². The molecular formula is C21H32N2O4. The van der Waals surface area contributed by atoms with Gasteiger partial charge in [0.05, 0.1) is 12.0 Å². The topological polar surface area (TPSA) is 87.7 Å². The van der Waals surface area contributed by atoms with E-state index in [4.69, 9.17) is 9.84 Å². The highest BCUT2D eigenvalue weighted by atomic mass is 16.5. The summed E-state index contributed by atoms with van der Waals surface area (Å²) in [5.74, 6) is -0.116. The van der Waals surface area contributed by atoms with Crippen molar-refractivity contribution in [3.05, 3.63) is 29.8 Å². The lowest BCUT2D eigenvalue weighted by atomic mass is 9.86. The number of carbonyl (C=O) groups excluding carboxylic acids is 1. The number of benzene rings is 1. The van der Waals surface area contributed by atoms with Crippen LogP contribution in [0, 0.1) is 5.92 Å². The molecule has 0 aromatic heterocycles. The summed E-state index contributed by atoms with van der Waals surface area (Å²) in [5, 5.41) is 15.0. The molecule has 6 nitrogen and oxygen atoms in total. The van der Waals surface area contributed by atoms with Gasteiger partial charge < -0.3 is 20.5 Å². The Kier molecular flexibility index (Phi) is 7.95. The monoisotopic (exact) mass is 376 g/mol. The van der Waals surface area contributed by atoms with E-state index in [2.05, 4.69) is 22.8 Å². The lowest BCUT2D eigenvalue weighted by molar-refractivity contribution is -0.142. The van der Waals surface area contributed by atoms with Crippen molar-refractivity contribution in [2.75, 3.05) is 0 Å². The van der Waals surface area contributed by atoms with E-state index < -0.39 is 5.97 Å². The molecule has 0 bridgehead atoms. The van der Waals surface area contributed by atoms with Crippen molar-refractivity contribution in [1.82, 2.24) is 10.6 Å². The maximum absolute atomic E-state index is 12.1. The second kappa shape index (κ2) is 10.2. The molecule has 1 aliphatic carbocycles. The minimum atomic E-state index is -0.727. The van der Waals surface area contributed by atoms with Crippen molar-refractivity contribution < 1.29 is 19.4 Å². The summed E-state index contributed by atoms with van der Waals surface area (Å²) in [6, 6.07) is 8.05. The largest absolute Gasteiger partial charge is 0.491 e. The minimum absolute atomic E-state index is 0.0620. The van der Waals surface area contributed by atoms with Gasteiger partial charge in [0.25, 0.3) is 0 Å². The number of hydrogen-bond donors (Lipinski definition) is 3. The first kappa shape index (κ1) is 21.1. The van der Waals surface area contributed by atoms with E-state index in [1.165, 1.54) is 5.56 Å². The molecule has 150 valence electrons. The Bertz CT molecular complexity index is 607. The van der Waals surface area contributed by atoms with Crippen molar-refractivity contribution in [1.29, 1.82) is 0 Å². The van der Waals surface area contributed by atoms with Crippen molar-refractivity contribution in [3.8, 4) is 5.75 Å². The molecule has 0 spiro atoms. The van der Waals surface area contributed by atoms with Crippen molar-refractivity contribution in [2.45, 2.75) is 77.5 Å². The summed E-state index contributed by atoms with van der Waals surface area (Å²) in [7, 11) is 0. The zero-order valence-corrected chi connectivity index (χ0v) is 16.5. The van der Waals surface area contributed by atoms with E-state index in [0.717, 1.165) is 31.4 Å². The van der Waals surface area contributed by atoms with E-state index in [0.29, 0.717) is 12.8 Å². The number of carbonyl (C=O) groups is 2. The number of urea groups is 1. The highest BCUT2D eigenvalue weighted by Gasteiger charge is 2.26. The summed E-state index contributed by atoms with van der Waals surface area (Å²) >= 11 is 0. The first-order valence-electron chi connectivity index (χ1n) is 9.89. The second-order valence-corrected chi connectivity index (χ2v) is 7.75. The van der Waals surface area contributed by atoms with Crippen LogP contribution in [0.4, 0.5) is 4.79 Å². The Hall–Kier alpha value is -2.24. The summed E-state index contributed by atoms with van der Waals surface area (Å²) in [6.07, 6.45) is 4.61. The van der Waals surface area contributed by atoms with Crippen molar-refractivity contribution in [2.24, 2.45) is 5.92 Å². The average molecular weight is 376 g/mol. The first-order valence-corrected chi connectivity index (χ1v) is 9.89. The molecular weight excluding hydrogens is 344 g/mol. The Balaban J connectivity index is 1.67. The number of rotatable bonds is 8. The molecule has 1 unspecified atom stereocenters. The van der Waals surface area contributed by atoms with Gasteiger partial charge in [0.15, 0.2) is 0 Å². The normalized spacial score (nSPS) is 20.7. The van der Waals surface area contributed by atoms with E-state index in [1.807, 2.05) is 32.9 Å². The van der Waals surface area contributed by atoms with Crippen LogP contribution in [0.25, 0.3) is 0 Å². The molecule has 1 saturated carbocycles. The number of ether oxygens (including phenoxy) is 1. The summed E-state index contributed by atoms with van der Waals surface area (Å²) in [5.41, 5.74) is 1.21. The fourth-order valence-electron chi connectivity index (χ4n) is 3.40. The number of nitrogens with one attached hydrogen (secondary N) is 2. The molecule has 1 atom stereocenters. The molecule has 1 fully saturated rings. The summed E-state index contributed by atoms with van der Waals surface area (Å²) < 4.78 is 5.64. The number of carboxylic acid groups (broad SMARTS) is 1. The van der Waals surface area contributed by atoms with Crippen LogP contribution in [-0.2, 0) is 11.2 Å². The maximum Gasteiger partial charge on any atom is 0.315 e. The molecule has 1 aromatic carbocycles. The van der Waals surface area contributed by atoms with Crippen LogP contribution < -0.4 is 15.4 Å². The standard InChI is InChI=1S/C21H32N2O4/c1-14(2)27-19-12-6-16(7-13-19)5-4-15(3)22-21(26)23-18-10-8-17(9-11-18)20(24)25/h6-7,12-15,17-18H,4-5,8-11H2,1-3H3,(H,24,25)(H2,22,23,26). The number of carboxylic acids is 1. The number of hydrogen-bond acceptors (Lipinski definition) is 3. The average Bonchev–Trinajstić information content (AvgIpc) is 2.61. The molecule has 0 aliphatic heterocycles. The van der Waals surface area contributed by atoms with Crippen LogP contribution in [0.1, 0.15) is 58.4 Å². The zero-order valence-electron chi connectivity index (χ0n) is 16.5. The number of amides is 2. The molecule has 0 radical (unpaired) electrons. The quantitative estimate of drug-likeness (QED) is 0.645. The Morgan fingerprint density at radius 2 is 1.74 bits per heavy atom. The van der Waals surface area contributed by atoms with Gasteiger partial charge in [-0.25, -0.2) is 4.79 Å². The van der Waals surface area contributed by atoms with Crippen LogP contribution in [-0.4, -0.2) is 35.3 Å². The van der Waals surface area contributed by atoms with E-state index in [-0.39, 0.29) is 30.1 Å². The van der Waals surface area contributed by atoms with Gasteiger partial charge in [-0.15, -0.1) is 0 Å². The Morgan fingerprint density at radius 1 is 1.11 bits per heavy atom. The van der Waals surface area contributed by atoms with Crippen LogP contribution in [0.5, 0.6) is 5.75 Å². The van der Waals surface area contributed by atoms with Crippen LogP contribution in [0.3, 0.4) is 0 Å². The fourth-order valence-corrected chi connectivity index (χ4v) is 3.40. The van der Waals surface area contributed by atoms with E-state index >= 15 is 0 Å². The van der Waals surface area contributed by atoms with Gasteiger partial charge in [0.2, 0.25) is 0 Å². The predicted molar refractivity (Wildman–Crippen MR) is 105 cm³/mol. The molecule has 0 heterocycles. The number of aliphatic carboxylic acids is 1. The molecule has 3 N–H and O–H groups in total. The lowest BCUT2D eigenvalue weighted by Gasteiger charge is -2.27. The highest BCUT2D eigenvalue weighted by molar-refractivity contribution is 5.74. The molecule has 2 rings (SSSR count). The van der Waals surface area contributed by atoms with E-state index in [9.17, 15) is 9.59 Å². The molecule has 27 heavy (non-hydrogen) atoms. The van der Waals surface area contributed by atoms with Gasteiger partial charge in [-0.2, -0.15) is 0 Å². The molecule has 0 saturated heterocycles. The Morgan fingerprint density at radius 3 is 2.30 bits per heavy atom. The third-order valence-corrected chi connectivity index (χ3v) is 4.95. The van der Waals surface area contributed by atoms with Gasteiger partial charge in [-0.05, 0) is 77.0 Å². The minimum Gasteiger partial charge on any atom is -0.491 e. The fraction of sp³-hybridized carbons (Fsp3) is 0.619. The van der Waals surface area contributed by atoms with Crippen LogP contribution in [0.2, 0.25) is 0 Å². The van der Waals surface area contributed by atoms with Crippen LogP contribution >= 0.6 is 0 Å². The smallest absolute Gasteiger partial charge is 0.315 e. The maximum atomic E-state index is 12.1.